The van der Waals surface area contributed by atoms with Crippen molar-refractivity contribution in [3.63, 3.8) is 0 Å². The van der Waals surface area contributed by atoms with Gasteiger partial charge in [0.25, 0.3) is 5.56 Å². The molecular weight excluding hydrogens is 374 g/mol. The van der Waals surface area contributed by atoms with Crippen LogP contribution in [0.15, 0.2) is 53.3 Å². The van der Waals surface area contributed by atoms with Crippen LogP contribution in [0.3, 0.4) is 0 Å². The Labute approximate surface area is 168 Å². The van der Waals surface area contributed by atoms with Gasteiger partial charge in [0, 0.05) is 35.7 Å². The van der Waals surface area contributed by atoms with Crippen LogP contribution in [0.5, 0.6) is 5.75 Å². The zero-order chi connectivity index (χ0) is 19.5. The topological polar surface area (TPSA) is 70.1 Å². The fourth-order valence-corrected chi connectivity index (χ4v) is 3.59. The van der Waals surface area contributed by atoms with Crippen LogP contribution in [0.4, 0.5) is 0 Å². The Balaban J connectivity index is 1.57. The van der Waals surface area contributed by atoms with Crippen molar-refractivity contribution < 1.29 is 4.74 Å². The Morgan fingerprint density at radius 2 is 1.96 bits per heavy atom. The molecule has 0 radical (unpaired) electrons. The Hall–Kier alpha value is -2.63. The first-order valence-electron chi connectivity index (χ1n) is 9.46. The number of aryl methyl sites for hydroxylation is 2. The number of ether oxygens (including phenoxy) is 1. The van der Waals surface area contributed by atoms with E-state index in [1.165, 1.54) is 15.8 Å². The average Bonchev–Trinajstić information content (AvgIpc) is 3.18. The molecule has 0 saturated heterocycles. The summed E-state index contributed by atoms with van der Waals surface area (Å²) < 4.78 is 7.11. The molecule has 144 valence electrons. The number of nitrogens with two attached hydrogens (primary N) is 1. The lowest BCUT2D eigenvalue weighted by molar-refractivity contribution is 0.357. The summed E-state index contributed by atoms with van der Waals surface area (Å²) in [5.74, 6) is 0.930. The zero-order valence-corrected chi connectivity index (χ0v) is 16.3. The minimum Gasteiger partial charge on any atom is -0.493 e. The molecule has 2 heterocycles. The molecule has 6 heteroatoms. The highest BCUT2D eigenvalue weighted by Gasteiger charge is 2.15. The summed E-state index contributed by atoms with van der Waals surface area (Å²) in [5.41, 5.74) is 10.4. The van der Waals surface area contributed by atoms with Crippen LogP contribution in [-0.4, -0.2) is 16.4 Å². The first-order valence-corrected chi connectivity index (χ1v) is 9.83. The van der Waals surface area contributed by atoms with Crippen molar-refractivity contribution in [2.24, 2.45) is 5.73 Å². The van der Waals surface area contributed by atoms with Crippen molar-refractivity contribution in [1.29, 1.82) is 0 Å². The Morgan fingerprint density at radius 3 is 2.75 bits per heavy atom. The second-order valence-corrected chi connectivity index (χ2v) is 7.37. The van der Waals surface area contributed by atoms with Crippen molar-refractivity contribution in [3.05, 3.63) is 80.6 Å². The maximum absolute atomic E-state index is 12.6. The van der Waals surface area contributed by atoms with Crippen molar-refractivity contribution in [1.82, 2.24) is 9.78 Å². The summed E-state index contributed by atoms with van der Waals surface area (Å²) in [6.07, 6.45) is 2.55. The minimum atomic E-state index is -0.119. The lowest BCUT2D eigenvalue weighted by atomic mass is 10.0. The minimum absolute atomic E-state index is 0.119. The number of benzene rings is 2. The van der Waals surface area contributed by atoms with Gasteiger partial charge >= 0.3 is 0 Å². The number of nitrogens with zero attached hydrogens (tertiary/aromatic N) is 2. The molecule has 5 nitrogen and oxygen atoms in total. The summed E-state index contributed by atoms with van der Waals surface area (Å²) in [4.78, 5) is 12.6. The Morgan fingerprint density at radius 1 is 1.14 bits per heavy atom. The molecule has 0 spiro atoms. The van der Waals surface area contributed by atoms with Gasteiger partial charge in [0.2, 0.25) is 0 Å². The second kappa shape index (κ2) is 8.17. The quantitative estimate of drug-likeness (QED) is 0.692. The third-order valence-corrected chi connectivity index (χ3v) is 5.25. The van der Waals surface area contributed by atoms with E-state index in [1.807, 2.05) is 36.4 Å². The third-order valence-electron chi connectivity index (χ3n) is 5.00. The molecule has 0 amide bonds. The van der Waals surface area contributed by atoms with Gasteiger partial charge in [-0.05, 0) is 60.4 Å². The molecule has 0 fully saturated rings. The largest absolute Gasteiger partial charge is 0.493 e. The van der Waals surface area contributed by atoms with Gasteiger partial charge in [-0.2, -0.15) is 5.10 Å². The van der Waals surface area contributed by atoms with Crippen molar-refractivity contribution >= 4 is 11.6 Å². The predicted octanol–water partition coefficient (Wildman–Crippen LogP) is 3.59. The summed E-state index contributed by atoms with van der Waals surface area (Å²) in [5, 5.41) is 5.33. The Bertz CT molecular complexity index is 1040. The van der Waals surface area contributed by atoms with E-state index in [4.69, 9.17) is 22.1 Å². The first kappa shape index (κ1) is 18.7. The van der Waals surface area contributed by atoms with Crippen molar-refractivity contribution in [2.45, 2.75) is 32.4 Å². The number of hydrogen-bond donors (Lipinski definition) is 1. The molecule has 3 aromatic rings. The standard InChI is InChI=1S/C22H22ClN3O2/c23-19-6-3-15(4-7-19)2-1-10-26-22(27)18(14-24)13-20(25-26)16-5-8-21-17(12-16)9-11-28-21/h3-8,12-13H,1-2,9-11,14,24H2. The molecule has 4 rings (SSSR count). The van der Waals surface area contributed by atoms with E-state index in [9.17, 15) is 4.79 Å². The van der Waals surface area contributed by atoms with Gasteiger partial charge in [0.05, 0.1) is 12.3 Å². The van der Waals surface area contributed by atoms with Crippen molar-refractivity contribution in [3.8, 4) is 17.0 Å². The van der Waals surface area contributed by atoms with Gasteiger partial charge < -0.3 is 10.5 Å². The molecule has 0 bridgehead atoms. The maximum Gasteiger partial charge on any atom is 0.271 e. The monoisotopic (exact) mass is 395 g/mol. The molecule has 0 atom stereocenters. The van der Waals surface area contributed by atoms with E-state index in [-0.39, 0.29) is 12.1 Å². The molecule has 1 aromatic heterocycles. The van der Waals surface area contributed by atoms with Crippen LogP contribution in [-0.2, 0) is 25.9 Å². The first-order chi connectivity index (χ1) is 13.6. The summed E-state index contributed by atoms with van der Waals surface area (Å²) in [6.45, 7) is 1.44. The van der Waals surface area contributed by atoms with Gasteiger partial charge in [-0.15, -0.1) is 0 Å². The number of rotatable bonds is 6. The van der Waals surface area contributed by atoms with Crippen LogP contribution in [0.25, 0.3) is 11.3 Å². The second-order valence-electron chi connectivity index (χ2n) is 6.94. The molecule has 1 aliphatic rings. The van der Waals surface area contributed by atoms with Crippen molar-refractivity contribution in [2.75, 3.05) is 6.61 Å². The average molecular weight is 396 g/mol. The fraction of sp³-hybridized carbons (Fsp3) is 0.273. The highest BCUT2D eigenvalue weighted by molar-refractivity contribution is 6.30. The van der Waals surface area contributed by atoms with Crippen LogP contribution in [0.2, 0.25) is 5.02 Å². The SMILES string of the molecule is NCc1cc(-c2ccc3c(c2)CCO3)nn(CCCc2ccc(Cl)cc2)c1=O. The Kier molecular flexibility index (Phi) is 5.46. The molecule has 0 saturated carbocycles. The van der Waals surface area contributed by atoms with Crippen LogP contribution < -0.4 is 16.0 Å². The normalized spacial score (nSPS) is 12.6. The highest BCUT2D eigenvalue weighted by Crippen LogP contribution is 2.29. The number of hydrogen-bond acceptors (Lipinski definition) is 4. The predicted molar refractivity (Wildman–Crippen MR) is 111 cm³/mol. The number of halogens is 1. The molecule has 2 aromatic carbocycles. The van der Waals surface area contributed by atoms with E-state index in [0.717, 1.165) is 41.3 Å². The molecule has 2 N–H and O–H groups in total. The van der Waals surface area contributed by atoms with E-state index in [1.54, 1.807) is 6.07 Å². The van der Waals surface area contributed by atoms with E-state index in [0.29, 0.717) is 18.7 Å². The maximum atomic E-state index is 12.6. The lowest BCUT2D eigenvalue weighted by Gasteiger charge is -2.11. The molecule has 1 aliphatic heterocycles. The molecule has 0 aliphatic carbocycles. The van der Waals surface area contributed by atoms with E-state index >= 15 is 0 Å². The van der Waals surface area contributed by atoms with Gasteiger partial charge in [-0.1, -0.05) is 23.7 Å². The zero-order valence-electron chi connectivity index (χ0n) is 15.5. The van der Waals surface area contributed by atoms with Gasteiger partial charge in [0.1, 0.15) is 5.75 Å². The van der Waals surface area contributed by atoms with Gasteiger partial charge in [-0.3, -0.25) is 4.79 Å². The van der Waals surface area contributed by atoms with Crippen LogP contribution in [0.1, 0.15) is 23.1 Å². The molecule has 28 heavy (non-hydrogen) atoms. The number of fused-ring (bicyclic) bond motifs is 1. The van der Waals surface area contributed by atoms with Gasteiger partial charge in [-0.25, -0.2) is 4.68 Å². The van der Waals surface area contributed by atoms with E-state index in [2.05, 4.69) is 11.2 Å². The molecule has 0 unspecified atom stereocenters. The number of aromatic nitrogens is 2. The fourth-order valence-electron chi connectivity index (χ4n) is 3.47. The highest BCUT2D eigenvalue weighted by atomic mass is 35.5. The van der Waals surface area contributed by atoms with Gasteiger partial charge in [0.15, 0.2) is 0 Å². The third kappa shape index (κ3) is 3.96. The summed E-state index contributed by atoms with van der Waals surface area (Å²) in [7, 11) is 0. The van der Waals surface area contributed by atoms with Crippen LogP contribution in [0, 0.1) is 0 Å². The summed E-state index contributed by atoms with van der Waals surface area (Å²) in [6, 6.07) is 15.6. The summed E-state index contributed by atoms with van der Waals surface area (Å²) >= 11 is 5.93. The van der Waals surface area contributed by atoms with Crippen LogP contribution >= 0.6 is 11.6 Å². The molecular formula is C22H22ClN3O2. The lowest BCUT2D eigenvalue weighted by Crippen LogP contribution is -2.28. The van der Waals surface area contributed by atoms with E-state index < -0.39 is 0 Å². The smallest absolute Gasteiger partial charge is 0.271 e.